The van der Waals surface area contributed by atoms with Crippen molar-refractivity contribution in [2.24, 2.45) is 5.92 Å². The number of halogens is 4. The molecule has 1 amide bonds. The van der Waals surface area contributed by atoms with Gasteiger partial charge in [0.05, 0.1) is 5.56 Å². The molecule has 19 heavy (non-hydrogen) atoms. The topological polar surface area (TPSA) is 29.1 Å². The number of amides is 1. The number of hydrogen-bond acceptors (Lipinski definition) is 1. The van der Waals surface area contributed by atoms with Gasteiger partial charge in [-0.3, -0.25) is 4.79 Å². The first-order chi connectivity index (χ1) is 8.70. The predicted molar refractivity (Wildman–Crippen MR) is 63.2 cm³/mol. The molecule has 0 bridgehead atoms. The molecule has 6 heteroatoms. The number of carbonyl (C=O) groups is 1. The third kappa shape index (κ3) is 4.89. The molecule has 0 unspecified atom stereocenters. The second kappa shape index (κ2) is 6.04. The van der Waals surface area contributed by atoms with Crippen molar-refractivity contribution in [1.29, 1.82) is 0 Å². The summed E-state index contributed by atoms with van der Waals surface area (Å²) in [4.78, 5) is 11.6. The van der Waals surface area contributed by atoms with Crippen LogP contribution in [0.3, 0.4) is 0 Å². The standard InChI is InChI=1S/C13H15F4NO/c1-8(2)3-4-18-12(19)9-5-10(13(15,16)17)7-11(14)6-9/h5-8H,3-4H2,1-2H3,(H,18,19). The van der Waals surface area contributed by atoms with Crippen LogP contribution in [-0.4, -0.2) is 12.5 Å². The van der Waals surface area contributed by atoms with Crippen molar-refractivity contribution >= 4 is 5.91 Å². The highest BCUT2D eigenvalue weighted by atomic mass is 19.4. The quantitative estimate of drug-likeness (QED) is 0.837. The summed E-state index contributed by atoms with van der Waals surface area (Å²) in [5.41, 5.74) is -1.49. The van der Waals surface area contributed by atoms with E-state index in [9.17, 15) is 22.4 Å². The summed E-state index contributed by atoms with van der Waals surface area (Å²) in [6.45, 7) is 4.25. The summed E-state index contributed by atoms with van der Waals surface area (Å²) < 4.78 is 50.5. The number of nitrogens with one attached hydrogen (secondary N) is 1. The maximum Gasteiger partial charge on any atom is 0.416 e. The Balaban J connectivity index is 2.83. The van der Waals surface area contributed by atoms with E-state index in [2.05, 4.69) is 5.32 Å². The van der Waals surface area contributed by atoms with Crippen molar-refractivity contribution in [3.8, 4) is 0 Å². The van der Waals surface area contributed by atoms with Gasteiger partial charge >= 0.3 is 6.18 Å². The van der Waals surface area contributed by atoms with Crippen LogP contribution in [-0.2, 0) is 6.18 Å². The lowest BCUT2D eigenvalue weighted by molar-refractivity contribution is -0.137. The van der Waals surface area contributed by atoms with Gasteiger partial charge in [-0.25, -0.2) is 4.39 Å². The average Bonchev–Trinajstić information content (AvgIpc) is 2.26. The average molecular weight is 277 g/mol. The van der Waals surface area contributed by atoms with Crippen LogP contribution in [0.5, 0.6) is 0 Å². The van der Waals surface area contributed by atoms with Crippen LogP contribution < -0.4 is 5.32 Å². The summed E-state index contributed by atoms with van der Waals surface area (Å²) in [5.74, 6) is -1.42. The van der Waals surface area contributed by atoms with E-state index in [1.165, 1.54) is 0 Å². The van der Waals surface area contributed by atoms with E-state index >= 15 is 0 Å². The molecule has 0 aliphatic heterocycles. The second-order valence-corrected chi connectivity index (χ2v) is 4.66. The number of alkyl halides is 3. The molecule has 0 spiro atoms. The van der Waals surface area contributed by atoms with E-state index in [1.54, 1.807) is 0 Å². The van der Waals surface area contributed by atoms with Crippen LogP contribution in [0.25, 0.3) is 0 Å². The van der Waals surface area contributed by atoms with Gasteiger partial charge in [-0.1, -0.05) is 13.8 Å². The maximum atomic E-state index is 13.1. The van der Waals surface area contributed by atoms with Crippen molar-refractivity contribution in [1.82, 2.24) is 5.32 Å². The van der Waals surface area contributed by atoms with Crippen molar-refractivity contribution in [2.45, 2.75) is 26.4 Å². The summed E-state index contributed by atoms with van der Waals surface area (Å²) in [6.07, 6.45) is -3.97. The second-order valence-electron chi connectivity index (χ2n) is 4.66. The number of hydrogen-bond donors (Lipinski definition) is 1. The maximum absolute atomic E-state index is 13.1. The van der Waals surface area contributed by atoms with Gasteiger partial charge in [-0.15, -0.1) is 0 Å². The third-order valence-corrected chi connectivity index (χ3v) is 2.49. The molecule has 0 aromatic heterocycles. The normalized spacial score (nSPS) is 11.7. The highest BCUT2D eigenvalue weighted by Crippen LogP contribution is 2.30. The fourth-order valence-electron chi connectivity index (χ4n) is 1.46. The molecule has 0 saturated carbocycles. The molecule has 0 heterocycles. The Hall–Kier alpha value is -1.59. The van der Waals surface area contributed by atoms with Gasteiger partial charge in [-0.05, 0) is 30.5 Å². The minimum Gasteiger partial charge on any atom is -0.352 e. The van der Waals surface area contributed by atoms with Gasteiger partial charge in [0.15, 0.2) is 0 Å². The van der Waals surface area contributed by atoms with Crippen molar-refractivity contribution in [3.63, 3.8) is 0 Å². The van der Waals surface area contributed by atoms with Gasteiger partial charge in [-0.2, -0.15) is 13.2 Å². The Morgan fingerprint density at radius 1 is 1.26 bits per heavy atom. The van der Waals surface area contributed by atoms with Crippen molar-refractivity contribution in [3.05, 3.63) is 35.1 Å². The molecule has 1 rings (SSSR count). The van der Waals surface area contributed by atoms with E-state index in [0.29, 0.717) is 31.0 Å². The predicted octanol–water partition coefficient (Wildman–Crippen LogP) is 3.62. The van der Waals surface area contributed by atoms with Crippen LogP contribution in [0.1, 0.15) is 36.2 Å². The molecule has 0 radical (unpaired) electrons. The Labute approximate surface area is 108 Å². The van der Waals surface area contributed by atoms with Gasteiger partial charge < -0.3 is 5.32 Å². The fraction of sp³-hybridized carbons (Fsp3) is 0.462. The minimum absolute atomic E-state index is 0.323. The zero-order valence-electron chi connectivity index (χ0n) is 10.6. The van der Waals surface area contributed by atoms with Gasteiger partial charge in [0, 0.05) is 12.1 Å². The lowest BCUT2D eigenvalue weighted by atomic mass is 10.1. The molecule has 0 fully saturated rings. The molecule has 0 aliphatic carbocycles. The summed E-state index contributed by atoms with van der Waals surface area (Å²) in [5, 5.41) is 2.46. The van der Waals surface area contributed by atoms with Gasteiger partial charge in [0.2, 0.25) is 0 Å². The molecule has 1 N–H and O–H groups in total. The van der Waals surface area contributed by atoms with E-state index in [0.717, 1.165) is 6.07 Å². The Morgan fingerprint density at radius 3 is 2.42 bits per heavy atom. The van der Waals surface area contributed by atoms with Crippen LogP contribution in [0, 0.1) is 11.7 Å². The smallest absolute Gasteiger partial charge is 0.352 e. The number of benzene rings is 1. The molecule has 0 saturated heterocycles. The monoisotopic (exact) mass is 277 g/mol. The lowest BCUT2D eigenvalue weighted by Crippen LogP contribution is -2.25. The molecular formula is C13H15F4NO. The zero-order chi connectivity index (χ0) is 14.6. The van der Waals surface area contributed by atoms with Crippen LogP contribution in [0.15, 0.2) is 18.2 Å². The van der Waals surface area contributed by atoms with Gasteiger partial charge in [0.25, 0.3) is 5.91 Å². The van der Waals surface area contributed by atoms with E-state index in [4.69, 9.17) is 0 Å². The largest absolute Gasteiger partial charge is 0.416 e. The zero-order valence-corrected chi connectivity index (χ0v) is 10.6. The first-order valence-electron chi connectivity index (χ1n) is 5.86. The SMILES string of the molecule is CC(C)CCNC(=O)c1cc(F)cc(C(F)(F)F)c1. The molecule has 1 aromatic rings. The Morgan fingerprint density at radius 2 is 1.89 bits per heavy atom. The molecule has 1 aromatic carbocycles. The van der Waals surface area contributed by atoms with Crippen molar-refractivity contribution in [2.75, 3.05) is 6.54 Å². The number of carbonyl (C=O) groups excluding carboxylic acids is 1. The van der Waals surface area contributed by atoms with E-state index < -0.39 is 23.5 Å². The minimum atomic E-state index is -4.67. The summed E-state index contributed by atoms with van der Waals surface area (Å²) in [6, 6.07) is 1.80. The molecule has 2 nitrogen and oxygen atoms in total. The molecule has 106 valence electrons. The van der Waals surface area contributed by atoms with E-state index in [-0.39, 0.29) is 5.56 Å². The van der Waals surface area contributed by atoms with Crippen molar-refractivity contribution < 1.29 is 22.4 Å². The fourth-order valence-corrected chi connectivity index (χ4v) is 1.46. The molecule has 0 aliphatic rings. The highest BCUT2D eigenvalue weighted by molar-refractivity contribution is 5.94. The van der Waals surface area contributed by atoms with Crippen LogP contribution in [0.2, 0.25) is 0 Å². The Bertz CT molecular complexity index is 454. The van der Waals surface area contributed by atoms with Crippen LogP contribution in [0.4, 0.5) is 17.6 Å². The first-order valence-corrected chi connectivity index (χ1v) is 5.86. The van der Waals surface area contributed by atoms with Crippen LogP contribution >= 0.6 is 0 Å². The van der Waals surface area contributed by atoms with Gasteiger partial charge in [0.1, 0.15) is 5.82 Å². The highest BCUT2D eigenvalue weighted by Gasteiger charge is 2.31. The summed E-state index contributed by atoms with van der Waals surface area (Å²) in [7, 11) is 0. The first kappa shape index (κ1) is 15.5. The molecule has 0 atom stereocenters. The molecular weight excluding hydrogens is 262 g/mol. The third-order valence-electron chi connectivity index (χ3n) is 2.49. The van der Waals surface area contributed by atoms with E-state index in [1.807, 2.05) is 13.8 Å². The Kier molecular flexibility index (Phi) is 4.91. The lowest BCUT2D eigenvalue weighted by Gasteiger charge is -2.10. The summed E-state index contributed by atoms with van der Waals surface area (Å²) >= 11 is 0. The number of rotatable bonds is 4.